The molecule has 3 aromatic rings. The molecule has 2 aromatic heterocycles. The fraction of sp³-hybridized carbons (Fsp3) is 0.188. The molecular formula is C16H14N4. The zero-order valence-electron chi connectivity index (χ0n) is 11.2. The maximum atomic E-state index is 8.96. The van der Waals surface area contributed by atoms with Crippen molar-refractivity contribution in [2.45, 2.75) is 19.9 Å². The molecule has 0 atom stereocenters. The lowest BCUT2D eigenvalue weighted by atomic mass is 10.3. The highest BCUT2D eigenvalue weighted by Crippen LogP contribution is 2.17. The zero-order chi connectivity index (χ0) is 13.9. The van der Waals surface area contributed by atoms with Gasteiger partial charge in [0.15, 0.2) is 0 Å². The van der Waals surface area contributed by atoms with Crippen molar-refractivity contribution in [3.8, 4) is 6.07 Å². The Morgan fingerprint density at radius 2 is 1.95 bits per heavy atom. The predicted octanol–water partition coefficient (Wildman–Crippen LogP) is 2.85. The molecule has 4 heteroatoms. The van der Waals surface area contributed by atoms with Crippen molar-refractivity contribution in [2.24, 2.45) is 0 Å². The van der Waals surface area contributed by atoms with Gasteiger partial charge in [-0.25, -0.2) is 4.98 Å². The van der Waals surface area contributed by atoms with Crippen LogP contribution in [0.2, 0.25) is 0 Å². The van der Waals surface area contributed by atoms with Crippen LogP contribution in [0.15, 0.2) is 42.5 Å². The van der Waals surface area contributed by atoms with Crippen LogP contribution >= 0.6 is 0 Å². The summed E-state index contributed by atoms with van der Waals surface area (Å²) in [5, 5.41) is 8.96. The number of benzene rings is 1. The highest BCUT2D eigenvalue weighted by Gasteiger charge is 2.10. The maximum absolute atomic E-state index is 8.96. The molecule has 0 bridgehead atoms. The van der Waals surface area contributed by atoms with Crippen LogP contribution in [0.5, 0.6) is 0 Å². The SMILES string of the molecule is Cc1cccc(Cn2c(CC#N)nc3ccccc32)n1. The van der Waals surface area contributed by atoms with Crippen LogP contribution < -0.4 is 0 Å². The average molecular weight is 262 g/mol. The number of para-hydroxylation sites is 2. The van der Waals surface area contributed by atoms with Crippen LogP contribution in [-0.2, 0) is 13.0 Å². The van der Waals surface area contributed by atoms with Crippen molar-refractivity contribution in [2.75, 3.05) is 0 Å². The third-order valence-electron chi connectivity index (χ3n) is 3.24. The molecule has 20 heavy (non-hydrogen) atoms. The van der Waals surface area contributed by atoms with E-state index >= 15 is 0 Å². The summed E-state index contributed by atoms with van der Waals surface area (Å²) in [6.45, 7) is 2.62. The number of aryl methyl sites for hydroxylation is 1. The molecule has 0 spiro atoms. The van der Waals surface area contributed by atoms with Gasteiger partial charge in [0.05, 0.1) is 35.8 Å². The second kappa shape index (κ2) is 5.14. The molecule has 0 aliphatic rings. The Hall–Kier alpha value is -2.67. The monoisotopic (exact) mass is 262 g/mol. The minimum absolute atomic E-state index is 0.306. The number of nitrogens with zero attached hydrogens (tertiary/aromatic N) is 4. The van der Waals surface area contributed by atoms with E-state index in [4.69, 9.17) is 5.26 Å². The second-order valence-corrected chi connectivity index (χ2v) is 4.71. The van der Waals surface area contributed by atoms with Gasteiger partial charge in [0.2, 0.25) is 0 Å². The molecule has 0 aliphatic heterocycles. The number of fused-ring (bicyclic) bond motifs is 1. The van der Waals surface area contributed by atoms with Crippen molar-refractivity contribution in [3.63, 3.8) is 0 Å². The fourth-order valence-corrected chi connectivity index (χ4v) is 2.36. The Kier molecular flexibility index (Phi) is 3.18. The van der Waals surface area contributed by atoms with Crippen LogP contribution in [-0.4, -0.2) is 14.5 Å². The number of pyridine rings is 1. The number of rotatable bonds is 3. The van der Waals surface area contributed by atoms with Gasteiger partial charge in [-0.05, 0) is 31.2 Å². The summed E-state index contributed by atoms with van der Waals surface area (Å²) < 4.78 is 2.07. The van der Waals surface area contributed by atoms with E-state index < -0.39 is 0 Å². The van der Waals surface area contributed by atoms with Crippen molar-refractivity contribution in [1.82, 2.24) is 14.5 Å². The van der Waals surface area contributed by atoms with Crippen molar-refractivity contribution >= 4 is 11.0 Å². The van der Waals surface area contributed by atoms with Crippen molar-refractivity contribution in [1.29, 1.82) is 5.26 Å². The van der Waals surface area contributed by atoms with Crippen molar-refractivity contribution < 1.29 is 0 Å². The Morgan fingerprint density at radius 3 is 2.75 bits per heavy atom. The molecule has 0 saturated heterocycles. The van der Waals surface area contributed by atoms with E-state index in [1.54, 1.807) is 0 Å². The lowest BCUT2D eigenvalue weighted by Crippen LogP contribution is -2.06. The molecule has 0 saturated carbocycles. The van der Waals surface area contributed by atoms with Gasteiger partial charge in [-0.2, -0.15) is 5.26 Å². The van der Waals surface area contributed by atoms with Gasteiger partial charge in [0, 0.05) is 5.69 Å². The Labute approximate surface area is 117 Å². The van der Waals surface area contributed by atoms with E-state index in [9.17, 15) is 0 Å². The van der Waals surface area contributed by atoms with Crippen LogP contribution in [0.4, 0.5) is 0 Å². The van der Waals surface area contributed by atoms with Crippen LogP contribution in [0.25, 0.3) is 11.0 Å². The van der Waals surface area contributed by atoms with Gasteiger partial charge in [0.25, 0.3) is 0 Å². The first-order valence-corrected chi connectivity index (χ1v) is 6.51. The zero-order valence-corrected chi connectivity index (χ0v) is 11.2. The highest BCUT2D eigenvalue weighted by atomic mass is 15.1. The Morgan fingerprint density at radius 1 is 1.10 bits per heavy atom. The lowest BCUT2D eigenvalue weighted by Gasteiger charge is -2.07. The van der Waals surface area contributed by atoms with E-state index in [1.165, 1.54) is 0 Å². The normalized spacial score (nSPS) is 10.6. The summed E-state index contributed by atoms with van der Waals surface area (Å²) in [5.74, 6) is 0.789. The molecule has 0 aliphatic carbocycles. The number of hydrogen-bond acceptors (Lipinski definition) is 3. The quantitative estimate of drug-likeness (QED) is 0.729. The van der Waals surface area contributed by atoms with Gasteiger partial charge in [-0.1, -0.05) is 18.2 Å². The van der Waals surface area contributed by atoms with Crippen LogP contribution in [0, 0.1) is 18.3 Å². The van der Waals surface area contributed by atoms with E-state index in [1.807, 2.05) is 49.4 Å². The average Bonchev–Trinajstić information content (AvgIpc) is 2.78. The molecular weight excluding hydrogens is 248 g/mol. The molecule has 0 amide bonds. The van der Waals surface area contributed by atoms with E-state index in [-0.39, 0.29) is 0 Å². The summed E-state index contributed by atoms with van der Waals surface area (Å²) in [7, 11) is 0. The highest BCUT2D eigenvalue weighted by molar-refractivity contribution is 5.76. The first-order chi connectivity index (χ1) is 9.78. The first-order valence-electron chi connectivity index (χ1n) is 6.51. The number of nitriles is 1. The smallest absolute Gasteiger partial charge is 0.124 e. The summed E-state index contributed by atoms with van der Waals surface area (Å²) >= 11 is 0. The predicted molar refractivity (Wildman–Crippen MR) is 77.1 cm³/mol. The standard InChI is InChI=1S/C16H14N4/c1-12-5-4-6-13(18-12)11-20-15-8-3-2-7-14(15)19-16(20)9-10-17/h2-8H,9,11H2,1H3. The van der Waals surface area contributed by atoms with Gasteiger partial charge in [0.1, 0.15) is 5.82 Å². The Balaban J connectivity index is 2.09. The second-order valence-electron chi connectivity index (χ2n) is 4.71. The third kappa shape index (κ3) is 2.26. The minimum Gasteiger partial charge on any atom is -0.321 e. The first kappa shape index (κ1) is 12.4. The summed E-state index contributed by atoms with van der Waals surface area (Å²) in [6, 6.07) is 16.1. The summed E-state index contributed by atoms with van der Waals surface area (Å²) in [4.78, 5) is 9.06. The number of imidazole rings is 1. The maximum Gasteiger partial charge on any atom is 0.124 e. The van der Waals surface area contributed by atoms with Gasteiger partial charge < -0.3 is 4.57 Å². The van der Waals surface area contributed by atoms with Gasteiger partial charge in [-0.15, -0.1) is 0 Å². The summed E-state index contributed by atoms with van der Waals surface area (Å²) in [5.41, 5.74) is 3.94. The molecule has 98 valence electrons. The molecule has 2 heterocycles. The minimum atomic E-state index is 0.306. The van der Waals surface area contributed by atoms with Crippen LogP contribution in [0.3, 0.4) is 0 Å². The lowest BCUT2D eigenvalue weighted by molar-refractivity contribution is 0.747. The number of hydrogen-bond donors (Lipinski definition) is 0. The molecule has 4 nitrogen and oxygen atoms in total. The van der Waals surface area contributed by atoms with E-state index in [2.05, 4.69) is 20.6 Å². The molecule has 0 N–H and O–H groups in total. The molecule has 1 aromatic carbocycles. The number of aromatic nitrogens is 3. The topological polar surface area (TPSA) is 54.5 Å². The van der Waals surface area contributed by atoms with Crippen LogP contribution in [0.1, 0.15) is 17.2 Å². The van der Waals surface area contributed by atoms with E-state index in [0.29, 0.717) is 13.0 Å². The van der Waals surface area contributed by atoms with Gasteiger partial charge in [-0.3, -0.25) is 4.98 Å². The Bertz CT molecular complexity index is 796. The molecule has 0 unspecified atom stereocenters. The molecule has 3 rings (SSSR count). The molecule has 0 radical (unpaired) electrons. The van der Waals surface area contributed by atoms with E-state index in [0.717, 1.165) is 28.2 Å². The van der Waals surface area contributed by atoms with Gasteiger partial charge >= 0.3 is 0 Å². The fourth-order valence-electron chi connectivity index (χ4n) is 2.36. The molecule has 0 fully saturated rings. The third-order valence-corrected chi connectivity index (χ3v) is 3.24. The largest absolute Gasteiger partial charge is 0.321 e. The summed E-state index contributed by atoms with van der Waals surface area (Å²) in [6.07, 6.45) is 0.306. The van der Waals surface area contributed by atoms with Crippen molar-refractivity contribution in [3.05, 3.63) is 59.7 Å².